The Morgan fingerprint density at radius 1 is 1.37 bits per heavy atom. The molecule has 2 fully saturated rings. The van der Waals surface area contributed by atoms with Crippen LogP contribution in [0.2, 0.25) is 0 Å². The molecular weight excluding hydrogens is 444 g/mol. The number of hydrogen-bond acceptors (Lipinski definition) is 5. The number of likely N-dealkylation sites (tertiary alicyclic amines) is 1. The molecule has 2 aromatic heterocycles. The molecule has 3 heterocycles. The van der Waals surface area contributed by atoms with Crippen molar-refractivity contribution in [2.75, 3.05) is 20.1 Å². The first-order valence-electron chi connectivity index (χ1n) is 11.9. The van der Waals surface area contributed by atoms with Gasteiger partial charge in [0.05, 0.1) is 16.8 Å². The van der Waals surface area contributed by atoms with Crippen LogP contribution in [0.25, 0.3) is 16.7 Å². The van der Waals surface area contributed by atoms with Crippen molar-refractivity contribution in [3.05, 3.63) is 58.6 Å². The molecule has 0 bridgehead atoms. The molecule has 3 aromatic rings. The summed E-state index contributed by atoms with van der Waals surface area (Å²) in [5.74, 6) is 1.86. The molecule has 35 heavy (non-hydrogen) atoms. The van der Waals surface area contributed by atoms with Gasteiger partial charge in [0.25, 0.3) is 11.8 Å². The Bertz CT molecular complexity index is 1390. The SMILES string of the molecule is CNC(=O)c1c(C)oc2cc(O/C(=C/C=N)c3[nH]cc(C(=O)N4C[C@@H]5CC[C@]5(C)C4)c3C)ccc12.[HH]. The lowest BCUT2D eigenvalue weighted by Crippen LogP contribution is -2.36. The van der Waals surface area contributed by atoms with Gasteiger partial charge in [-0.3, -0.25) is 9.59 Å². The number of amides is 2. The van der Waals surface area contributed by atoms with Crippen molar-refractivity contribution in [3.8, 4) is 5.75 Å². The first-order chi connectivity index (χ1) is 16.8. The fourth-order valence-corrected chi connectivity index (χ4v) is 5.47. The number of nitrogens with one attached hydrogen (secondary N) is 3. The zero-order chi connectivity index (χ0) is 24.9. The molecule has 1 saturated heterocycles. The summed E-state index contributed by atoms with van der Waals surface area (Å²) in [6.07, 6.45) is 6.80. The van der Waals surface area contributed by atoms with E-state index in [0.717, 1.165) is 24.9 Å². The summed E-state index contributed by atoms with van der Waals surface area (Å²) in [5, 5.41) is 10.9. The van der Waals surface area contributed by atoms with Crippen molar-refractivity contribution in [1.82, 2.24) is 15.2 Å². The summed E-state index contributed by atoms with van der Waals surface area (Å²) >= 11 is 0. The normalized spacial score (nSPS) is 21.5. The summed E-state index contributed by atoms with van der Waals surface area (Å²) in [5.41, 5.74) is 3.34. The van der Waals surface area contributed by atoms with Crippen LogP contribution in [0.3, 0.4) is 0 Å². The third-order valence-corrected chi connectivity index (χ3v) is 7.70. The molecule has 0 spiro atoms. The highest BCUT2D eigenvalue weighted by atomic mass is 16.5. The van der Waals surface area contributed by atoms with Crippen LogP contribution in [0.15, 0.2) is 34.9 Å². The van der Waals surface area contributed by atoms with Crippen LogP contribution in [0.1, 0.15) is 58.9 Å². The van der Waals surface area contributed by atoms with Crippen molar-refractivity contribution >= 4 is 34.8 Å². The third-order valence-electron chi connectivity index (χ3n) is 7.70. The summed E-state index contributed by atoms with van der Waals surface area (Å²) in [6, 6.07) is 5.26. The van der Waals surface area contributed by atoms with E-state index in [0.29, 0.717) is 51.0 Å². The van der Waals surface area contributed by atoms with Gasteiger partial charge in [0.2, 0.25) is 0 Å². The number of aromatic nitrogens is 1. The Hall–Kier alpha value is -3.81. The highest BCUT2D eigenvalue weighted by Gasteiger charge is 2.50. The van der Waals surface area contributed by atoms with Gasteiger partial charge in [-0.15, -0.1) is 0 Å². The Labute approximate surface area is 205 Å². The van der Waals surface area contributed by atoms with Crippen LogP contribution < -0.4 is 10.1 Å². The van der Waals surface area contributed by atoms with Crippen molar-refractivity contribution in [2.45, 2.75) is 33.6 Å². The number of carbonyl (C=O) groups excluding carboxylic acids is 2. The number of carbonyl (C=O) groups is 2. The maximum Gasteiger partial charge on any atom is 0.255 e. The maximum absolute atomic E-state index is 13.3. The molecular formula is C27H32N4O4. The van der Waals surface area contributed by atoms with E-state index in [1.54, 1.807) is 38.4 Å². The van der Waals surface area contributed by atoms with Gasteiger partial charge in [0.1, 0.15) is 17.1 Å². The second-order valence-electron chi connectivity index (χ2n) is 9.85. The number of aryl methyl sites for hydroxylation is 1. The lowest BCUT2D eigenvalue weighted by atomic mass is 9.64. The second kappa shape index (κ2) is 8.45. The third kappa shape index (κ3) is 3.73. The first-order valence-corrected chi connectivity index (χ1v) is 11.9. The number of benzene rings is 1. The summed E-state index contributed by atoms with van der Waals surface area (Å²) in [7, 11) is 1.58. The molecule has 1 aromatic carbocycles. The zero-order valence-corrected chi connectivity index (χ0v) is 20.5. The molecule has 8 heteroatoms. The van der Waals surface area contributed by atoms with Gasteiger partial charge in [-0.25, -0.2) is 0 Å². The molecule has 8 nitrogen and oxygen atoms in total. The maximum atomic E-state index is 13.3. The van der Waals surface area contributed by atoms with Crippen LogP contribution in [0.4, 0.5) is 0 Å². The minimum atomic E-state index is -0.210. The van der Waals surface area contributed by atoms with E-state index in [2.05, 4.69) is 17.2 Å². The van der Waals surface area contributed by atoms with Gasteiger partial charge < -0.3 is 29.8 Å². The van der Waals surface area contributed by atoms with Crippen LogP contribution in [-0.4, -0.2) is 48.1 Å². The minimum absolute atomic E-state index is 0. The van der Waals surface area contributed by atoms with Gasteiger partial charge in [-0.2, -0.15) is 0 Å². The van der Waals surface area contributed by atoms with E-state index in [9.17, 15) is 9.59 Å². The number of fused-ring (bicyclic) bond motifs is 2. The topological polar surface area (TPSA) is 111 Å². The molecule has 0 unspecified atom stereocenters. The fourth-order valence-electron chi connectivity index (χ4n) is 5.47. The van der Waals surface area contributed by atoms with Gasteiger partial charge in [0.15, 0.2) is 5.76 Å². The van der Waals surface area contributed by atoms with E-state index in [1.165, 1.54) is 18.9 Å². The molecule has 1 saturated carbocycles. The van der Waals surface area contributed by atoms with Crippen LogP contribution in [0, 0.1) is 30.6 Å². The quantitative estimate of drug-likeness (QED) is 0.346. The Kier molecular flexibility index (Phi) is 5.54. The smallest absolute Gasteiger partial charge is 0.255 e. The second-order valence-corrected chi connectivity index (χ2v) is 9.85. The number of H-pyrrole nitrogens is 1. The number of furan rings is 1. The van der Waals surface area contributed by atoms with E-state index < -0.39 is 0 Å². The first kappa shape index (κ1) is 23.0. The number of rotatable bonds is 6. The van der Waals surface area contributed by atoms with Crippen LogP contribution in [-0.2, 0) is 0 Å². The Morgan fingerprint density at radius 2 is 2.17 bits per heavy atom. The zero-order valence-electron chi connectivity index (χ0n) is 20.5. The molecule has 2 amide bonds. The average molecular weight is 477 g/mol. The molecule has 184 valence electrons. The molecule has 1 aliphatic carbocycles. The largest absolute Gasteiger partial charge is 0.460 e. The highest BCUT2D eigenvalue weighted by Crippen LogP contribution is 2.51. The van der Waals surface area contributed by atoms with Crippen molar-refractivity contribution in [3.63, 3.8) is 0 Å². The van der Waals surface area contributed by atoms with Crippen LogP contribution >= 0.6 is 0 Å². The van der Waals surface area contributed by atoms with Gasteiger partial charge in [-0.05, 0) is 55.7 Å². The van der Waals surface area contributed by atoms with Crippen LogP contribution in [0.5, 0.6) is 5.75 Å². The fraction of sp³-hybridized carbons (Fsp3) is 0.370. The number of aromatic amines is 1. The summed E-state index contributed by atoms with van der Waals surface area (Å²) in [4.78, 5) is 30.7. The summed E-state index contributed by atoms with van der Waals surface area (Å²) < 4.78 is 11.9. The van der Waals surface area contributed by atoms with E-state index >= 15 is 0 Å². The molecule has 1 aliphatic heterocycles. The van der Waals surface area contributed by atoms with Crippen molar-refractivity contribution in [2.24, 2.45) is 11.3 Å². The lowest BCUT2D eigenvalue weighted by molar-refractivity contribution is 0.0767. The molecule has 2 atom stereocenters. The molecule has 2 aliphatic rings. The average Bonchev–Trinajstić information content (AvgIpc) is 3.44. The number of ether oxygens (including phenoxy) is 1. The predicted molar refractivity (Wildman–Crippen MR) is 136 cm³/mol. The lowest BCUT2D eigenvalue weighted by Gasteiger charge is -2.40. The number of allylic oxidation sites excluding steroid dienone is 1. The highest BCUT2D eigenvalue weighted by molar-refractivity contribution is 6.07. The molecule has 0 radical (unpaired) electrons. The number of nitrogens with zero attached hydrogens (tertiary/aromatic N) is 1. The van der Waals surface area contributed by atoms with Gasteiger partial charge >= 0.3 is 0 Å². The Morgan fingerprint density at radius 3 is 2.80 bits per heavy atom. The summed E-state index contributed by atoms with van der Waals surface area (Å²) in [6.45, 7) is 7.53. The van der Waals surface area contributed by atoms with Gasteiger partial charge in [-0.1, -0.05) is 6.92 Å². The standard InChI is InChI=1S/C27H30N4O4.H2/c1-15-20(26(33)31-13-17-7-9-27(17,3)14-31)12-30-24(15)21(8-10-28)35-18-5-6-19-22(11-18)34-16(2)23(19)25(32)29-4;/h5-6,8,10-12,17,28,30H,7,9,13-14H2,1-4H3,(H,29,32);1H/b21-8+,28-10?;/t17-,27+;/m0./s1. The van der Waals surface area contributed by atoms with Crippen molar-refractivity contribution < 1.29 is 20.2 Å². The predicted octanol–water partition coefficient (Wildman–Crippen LogP) is 4.92. The minimum Gasteiger partial charge on any atom is -0.460 e. The van der Waals surface area contributed by atoms with E-state index in [1.807, 2.05) is 11.8 Å². The van der Waals surface area contributed by atoms with Crippen molar-refractivity contribution in [1.29, 1.82) is 5.41 Å². The monoisotopic (exact) mass is 476 g/mol. The number of hydrogen-bond donors (Lipinski definition) is 3. The molecule has 5 rings (SSSR count). The molecule has 3 N–H and O–H groups in total. The Balaban J connectivity index is 0.00000304. The van der Waals surface area contributed by atoms with E-state index in [-0.39, 0.29) is 18.7 Å². The van der Waals surface area contributed by atoms with E-state index in [4.69, 9.17) is 14.6 Å². The van der Waals surface area contributed by atoms with Gasteiger partial charge in [0, 0.05) is 51.5 Å².